The number of aliphatic hydroxyl groups excluding tert-OH is 2. The minimum Gasteiger partial charge on any atom is -0.392 e. The summed E-state index contributed by atoms with van der Waals surface area (Å²) in [5.74, 6) is 1.18. The van der Waals surface area contributed by atoms with Crippen LogP contribution in [0.3, 0.4) is 0 Å². The number of aliphatic hydroxyl groups is 2. The second-order valence-electron chi connectivity index (χ2n) is 8.76. The van der Waals surface area contributed by atoms with Crippen LogP contribution in [0.4, 0.5) is 0 Å². The molecule has 1 fully saturated rings. The molecule has 0 bridgehead atoms. The van der Waals surface area contributed by atoms with Gasteiger partial charge in [-0.15, -0.1) is 0 Å². The number of carbonyl (C=O) groups is 1. The van der Waals surface area contributed by atoms with Crippen LogP contribution in [-0.4, -0.2) is 37.9 Å². The van der Waals surface area contributed by atoms with E-state index in [-0.39, 0.29) is 17.9 Å². The number of fused-ring (bicyclic) bond motifs is 1. The van der Waals surface area contributed by atoms with Gasteiger partial charge < -0.3 is 10.2 Å². The van der Waals surface area contributed by atoms with E-state index in [9.17, 15) is 15.0 Å². The SMILES string of the molecule is CCCCCC(O)/C=C/C1C(O)CC2C=C(CCCCC(=O)n3ccnc3)CC21. The van der Waals surface area contributed by atoms with Crippen LogP contribution in [-0.2, 0) is 0 Å². The maximum atomic E-state index is 12.0. The predicted octanol–water partition coefficient (Wildman–Crippen LogP) is 4.52. The summed E-state index contributed by atoms with van der Waals surface area (Å²) in [5.41, 5.74) is 1.48. The minimum atomic E-state index is -0.394. The van der Waals surface area contributed by atoms with Crippen LogP contribution in [0, 0.1) is 17.8 Å². The zero-order valence-corrected chi connectivity index (χ0v) is 17.6. The number of rotatable bonds is 11. The van der Waals surface area contributed by atoms with Crippen molar-refractivity contribution in [3.05, 3.63) is 42.5 Å². The highest BCUT2D eigenvalue weighted by atomic mass is 16.3. The summed E-state index contributed by atoms with van der Waals surface area (Å²) < 4.78 is 1.55. The highest BCUT2D eigenvalue weighted by Gasteiger charge is 2.43. The normalized spacial score (nSPS) is 27.3. The zero-order chi connectivity index (χ0) is 20.6. The van der Waals surface area contributed by atoms with Crippen LogP contribution in [0.15, 0.2) is 42.5 Å². The fraction of sp³-hybridized carbons (Fsp3) is 0.667. The van der Waals surface area contributed by atoms with Gasteiger partial charge in [0.05, 0.1) is 12.2 Å². The van der Waals surface area contributed by atoms with Crippen LogP contribution in [0.2, 0.25) is 0 Å². The van der Waals surface area contributed by atoms with Gasteiger partial charge in [0.15, 0.2) is 0 Å². The smallest absolute Gasteiger partial charge is 0.231 e. The monoisotopic (exact) mass is 400 g/mol. The Morgan fingerprint density at radius 1 is 1.34 bits per heavy atom. The lowest BCUT2D eigenvalue weighted by Crippen LogP contribution is -2.18. The van der Waals surface area contributed by atoms with E-state index in [2.05, 4.69) is 24.1 Å². The van der Waals surface area contributed by atoms with E-state index in [0.29, 0.717) is 18.3 Å². The van der Waals surface area contributed by atoms with E-state index >= 15 is 0 Å². The number of allylic oxidation sites excluding steroid dienone is 2. The van der Waals surface area contributed by atoms with Gasteiger partial charge in [0.1, 0.15) is 6.33 Å². The van der Waals surface area contributed by atoms with Crippen molar-refractivity contribution in [2.24, 2.45) is 17.8 Å². The third-order valence-corrected chi connectivity index (χ3v) is 6.54. The first-order chi connectivity index (χ1) is 14.1. The van der Waals surface area contributed by atoms with E-state index in [1.54, 1.807) is 23.3 Å². The number of nitrogens with zero attached hydrogens (tertiary/aromatic N) is 2. The summed E-state index contributed by atoms with van der Waals surface area (Å²) in [6.45, 7) is 2.17. The molecule has 5 nitrogen and oxygen atoms in total. The summed E-state index contributed by atoms with van der Waals surface area (Å²) >= 11 is 0. The number of hydrogen-bond acceptors (Lipinski definition) is 4. The summed E-state index contributed by atoms with van der Waals surface area (Å²) in [4.78, 5) is 15.9. The lowest BCUT2D eigenvalue weighted by molar-refractivity contribution is 0.0899. The molecule has 0 aromatic carbocycles. The van der Waals surface area contributed by atoms with E-state index < -0.39 is 6.10 Å². The maximum Gasteiger partial charge on any atom is 0.231 e. The van der Waals surface area contributed by atoms with Crippen LogP contribution < -0.4 is 0 Å². The average molecular weight is 401 g/mol. The largest absolute Gasteiger partial charge is 0.392 e. The molecule has 2 N–H and O–H groups in total. The van der Waals surface area contributed by atoms with Gasteiger partial charge in [-0.1, -0.05) is 50.0 Å². The summed E-state index contributed by atoms with van der Waals surface area (Å²) in [5, 5.41) is 20.6. The van der Waals surface area contributed by atoms with Crippen molar-refractivity contribution < 1.29 is 15.0 Å². The molecule has 1 aromatic rings. The highest BCUT2D eigenvalue weighted by Crippen LogP contribution is 2.48. The summed E-state index contributed by atoms with van der Waals surface area (Å²) in [6.07, 6.45) is 20.1. The van der Waals surface area contributed by atoms with E-state index in [1.807, 2.05) is 6.08 Å². The van der Waals surface area contributed by atoms with E-state index in [0.717, 1.165) is 57.8 Å². The highest BCUT2D eigenvalue weighted by molar-refractivity contribution is 5.78. The van der Waals surface area contributed by atoms with Gasteiger partial charge in [-0.05, 0) is 50.4 Å². The van der Waals surface area contributed by atoms with Gasteiger partial charge in [0.25, 0.3) is 0 Å². The van der Waals surface area contributed by atoms with Gasteiger partial charge >= 0.3 is 0 Å². The second-order valence-corrected chi connectivity index (χ2v) is 8.76. The van der Waals surface area contributed by atoms with Crippen molar-refractivity contribution in [1.29, 1.82) is 0 Å². The number of carbonyl (C=O) groups excluding carboxylic acids is 1. The standard InChI is InChI=1S/C24H36N2O3/c1-2-3-4-8-20(27)10-11-21-22-15-18(14-19(22)16-23(21)28)7-5-6-9-24(29)26-13-12-25-17-26/h10-14,17,19-23,27-28H,2-9,15-16H2,1H3/b11-10+. The maximum absolute atomic E-state index is 12.0. The van der Waals surface area contributed by atoms with E-state index in [4.69, 9.17) is 0 Å². The zero-order valence-electron chi connectivity index (χ0n) is 17.6. The second kappa shape index (κ2) is 10.9. The quantitative estimate of drug-likeness (QED) is 0.423. The van der Waals surface area contributed by atoms with Crippen molar-refractivity contribution in [2.45, 2.75) is 83.3 Å². The third-order valence-electron chi connectivity index (χ3n) is 6.54. The Hall–Kier alpha value is -1.72. The molecule has 2 aliphatic rings. The molecular formula is C24H36N2O3. The Balaban J connectivity index is 1.40. The average Bonchev–Trinajstić information content (AvgIpc) is 3.41. The van der Waals surface area contributed by atoms with Crippen LogP contribution in [0.5, 0.6) is 0 Å². The van der Waals surface area contributed by atoms with Crippen molar-refractivity contribution in [2.75, 3.05) is 0 Å². The fourth-order valence-electron chi connectivity index (χ4n) is 4.91. The molecule has 29 heavy (non-hydrogen) atoms. The molecule has 2 aliphatic carbocycles. The Labute approximate surface area is 174 Å². The predicted molar refractivity (Wildman–Crippen MR) is 114 cm³/mol. The molecule has 1 aromatic heterocycles. The minimum absolute atomic E-state index is 0.102. The molecule has 0 aliphatic heterocycles. The Morgan fingerprint density at radius 2 is 2.21 bits per heavy atom. The number of aromatic nitrogens is 2. The summed E-state index contributed by atoms with van der Waals surface area (Å²) in [6, 6.07) is 0. The molecule has 5 heteroatoms. The van der Waals surface area contributed by atoms with Gasteiger partial charge in [-0.2, -0.15) is 0 Å². The topological polar surface area (TPSA) is 75.3 Å². The molecular weight excluding hydrogens is 364 g/mol. The summed E-state index contributed by atoms with van der Waals surface area (Å²) in [7, 11) is 0. The molecule has 1 heterocycles. The van der Waals surface area contributed by atoms with Crippen molar-refractivity contribution in [3.63, 3.8) is 0 Å². The van der Waals surface area contributed by atoms with E-state index in [1.165, 1.54) is 5.57 Å². The number of hydrogen-bond donors (Lipinski definition) is 2. The van der Waals surface area contributed by atoms with Crippen LogP contribution in [0.25, 0.3) is 0 Å². The Bertz CT molecular complexity index is 695. The molecule has 5 atom stereocenters. The van der Waals surface area contributed by atoms with Crippen LogP contribution >= 0.6 is 0 Å². The molecule has 0 amide bonds. The number of unbranched alkanes of at least 4 members (excludes halogenated alkanes) is 3. The Morgan fingerprint density at radius 3 is 2.97 bits per heavy atom. The first-order valence-corrected chi connectivity index (χ1v) is 11.3. The lowest BCUT2D eigenvalue weighted by Gasteiger charge is -2.19. The van der Waals surface area contributed by atoms with Gasteiger partial charge in [0, 0.05) is 24.7 Å². The van der Waals surface area contributed by atoms with Crippen molar-refractivity contribution in [1.82, 2.24) is 9.55 Å². The van der Waals surface area contributed by atoms with Crippen LogP contribution in [0.1, 0.15) is 75.9 Å². The van der Waals surface area contributed by atoms with Gasteiger partial charge in [-0.3, -0.25) is 9.36 Å². The van der Waals surface area contributed by atoms with Gasteiger partial charge in [-0.25, -0.2) is 4.98 Å². The molecule has 5 unspecified atom stereocenters. The molecule has 3 rings (SSSR count). The fourth-order valence-corrected chi connectivity index (χ4v) is 4.91. The number of imidazole rings is 1. The molecule has 0 radical (unpaired) electrons. The molecule has 1 saturated carbocycles. The van der Waals surface area contributed by atoms with Gasteiger partial charge in [0.2, 0.25) is 5.91 Å². The first kappa shape index (κ1) is 22.0. The lowest BCUT2D eigenvalue weighted by atomic mass is 9.88. The Kier molecular flexibility index (Phi) is 8.25. The first-order valence-electron chi connectivity index (χ1n) is 11.3. The molecule has 0 spiro atoms. The van der Waals surface area contributed by atoms with Crippen molar-refractivity contribution >= 4 is 5.91 Å². The molecule has 0 saturated heterocycles. The third kappa shape index (κ3) is 6.13. The molecule has 160 valence electrons. The van der Waals surface area contributed by atoms with Crippen molar-refractivity contribution in [3.8, 4) is 0 Å².